The van der Waals surface area contributed by atoms with E-state index < -0.39 is 11.4 Å². The van der Waals surface area contributed by atoms with Gasteiger partial charge in [-0.2, -0.15) is 4.39 Å². The molecular formula is C17H20FN5O2S. The maximum atomic E-state index is 14.0. The first-order valence-corrected chi connectivity index (χ1v) is 9.53. The SMILES string of the molecule is Cc1nc(C)c(C(=O)N2CCN(c3nc(C4CC4)c(F)c(=O)[nH]3)CC2)s1. The first-order valence-electron chi connectivity index (χ1n) is 8.72. The Morgan fingerprint density at radius 1 is 1.19 bits per heavy atom. The van der Waals surface area contributed by atoms with Crippen LogP contribution in [0.25, 0.3) is 0 Å². The number of thiazole rings is 1. The van der Waals surface area contributed by atoms with Gasteiger partial charge in [0.05, 0.1) is 16.4 Å². The van der Waals surface area contributed by atoms with Crippen LogP contribution in [-0.2, 0) is 0 Å². The highest BCUT2D eigenvalue weighted by molar-refractivity contribution is 7.13. The minimum absolute atomic E-state index is 0.00743. The number of piperazine rings is 1. The molecule has 2 aromatic heterocycles. The number of rotatable bonds is 3. The molecule has 0 spiro atoms. The Morgan fingerprint density at radius 3 is 2.46 bits per heavy atom. The van der Waals surface area contributed by atoms with E-state index in [-0.39, 0.29) is 17.5 Å². The van der Waals surface area contributed by atoms with E-state index in [2.05, 4.69) is 15.0 Å². The van der Waals surface area contributed by atoms with Crippen LogP contribution < -0.4 is 10.5 Å². The molecule has 1 saturated carbocycles. The van der Waals surface area contributed by atoms with Crippen molar-refractivity contribution in [1.82, 2.24) is 19.9 Å². The Kier molecular flexibility index (Phi) is 4.26. The number of hydrogen-bond acceptors (Lipinski definition) is 6. The third-order valence-electron chi connectivity index (χ3n) is 4.80. The number of amides is 1. The van der Waals surface area contributed by atoms with Crippen molar-refractivity contribution in [2.75, 3.05) is 31.1 Å². The molecule has 0 radical (unpaired) electrons. The molecule has 0 unspecified atom stereocenters. The Hall–Kier alpha value is -2.29. The summed E-state index contributed by atoms with van der Waals surface area (Å²) in [5.41, 5.74) is 0.322. The van der Waals surface area contributed by atoms with Crippen LogP contribution in [0.15, 0.2) is 4.79 Å². The van der Waals surface area contributed by atoms with E-state index in [0.29, 0.717) is 37.0 Å². The lowest BCUT2D eigenvalue weighted by Crippen LogP contribution is -2.49. The molecule has 3 heterocycles. The van der Waals surface area contributed by atoms with Gasteiger partial charge in [-0.25, -0.2) is 9.97 Å². The van der Waals surface area contributed by atoms with Crippen LogP contribution in [-0.4, -0.2) is 51.9 Å². The zero-order valence-corrected chi connectivity index (χ0v) is 15.5. The number of aromatic nitrogens is 3. The lowest BCUT2D eigenvalue weighted by Gasteiger charge is -2.35. The monoisotopic (exact) mass is 377 g/mol. The second-order valence-corrected chi connectivity index (χ2v) is 7.99. The molecule has 1 amide bonds. The molecule has 2 fully saturated rings. The van der Waals surface area contributed by atoms with E-state index in [0.717, 1.165) is 23.5 Å². The van der Waals surface area contributed by atoms with Crippen molar-refractivity contribution in [3.05, 3.63) is 37.4 Å². The first-order chi connectivity index (χ1) is 12.4. The minimum atomic E-state index is -0.763. The summed E-state index contributed by atoms with van der Waals surface area (Å²) >= 11 is 1.41. The van der Waals surface area contributed by atoms with Crippen LogP contribution in [0.5, 0.6) is 0 Å². The van der Waals surface area contributed by atoms with Gasteiger partial charge in [0.2, 0.25) is 11.8 Å². The third kappa shape index (κ3) is 3.11. The zero-order chi connectivity index (χ0) is 18.4. The van der Waals surface area contributed by atoms with Crippen molar-refractivity contribution in [2.45, 2.75) is 32.6 Å². The number of nitrogens with zero attached hydrogens (tertiary/aromatic N) is 4. The van der Waals surface area contributed by atoms with Crippen molar-refractivity contribution >= 4 is 23.2 Å². The summed E-state index contributed by atoms with van der Waals surface area (Å²) in [5, 5.41) is 0.880. The topological polar surface area (TPSA) is 82.2 Å². The number of aryl methyl sites for hydroxylation is 2. The highest BCUT2D eigenvalue weighted by atomic mass is 32.1. The van der Waals surface area contributed by atoms with Crippen molar-refractivity contribution in [3.63, 3.8) is 0 Å². The Morgan fingerprint density at radius 2 is 1.88 bits per heavy atom. The standard InChI is InChI=1S/C17H20FN5O2S/c1-9-14(26-10(2)19-9)16(25)22-5-7-23(8-6-22)17-20-13(11-3-4-11)12(18)15(24)21-17/h11H,3-8H2,1-2H3,(H,20,21,24). The molecular weight excluding hydrogens is 357 g/mol. The number of hydrogen-bond donors (Lipinski definition) is 1. The van der Waals surface area contributed by atoms with E-state index in [1.54, 1.807) is 4.90 Å². The van der Waals surface area contributed by atoms with Crippen LogP contribution in [0.2, 0.25) is 0 Å². The van der Waals surface area contributed by atoms with Crippen molar-refractivity contribution in [1.29, 1.82) is 0 Å². The maximum Gasteiger partial charge on any atom is 0.288 e. The van der Waals surface area contributed by atoms with Gasteiger partial charge < -0.3 is 9.80 Å². The molecule has 26 heavy (non-hydrogen) atoms. The number of nitrogens with one attached hydrogen (secondary N) is 1. The number of halogens is 1. The molecule has 0 bridgehead atoms. The van der Waals surface area contributed by atoms with Crippen molar-refractivity contribution in [2.24, 2.45) is 0 Å². The summed E-state index contributed by atoms with van der Waals surface area (Å²) in [5.74, 6) is -0.306. The second kappa shape index (κ2) is 6.46. The minimum Gasteiger partial charge on any atom is -0.339 e. The van der Waals surface area contributed by atoms with Crippen molar-refractivity contribution in [3.8, 4) is 0 Å². The van der Waals surface area contributed by atoms with Gasteiger partial charge >= 0.3 is 0 Å². The fraction of sp³-hybridized carbons (Fsp3) is 0.529. The summed E-state index contributed by atoms with van der Waals surface area (Å²) in [4.78, 5) is 40.1. The van der Waals surface area contributed by atoms with Crippen LogP contribution in [0, 0.1) is 19.7 Å². The predicted molar refractivity (Wildman–Crippen MR) is 96.5 cm³/mol. The maximum absolute atomic E-state index is 14.0. The van der Waals surface area contributed by atoms with E-state index in [9.17, 15) is 14.0 Å². The van der Waals surface area contributed by atoms with E-state index in [1.165, 1.54) is 11.3 Å². The van der Waals surface area contributed by atoms with Crippen LogP contribution in [0.4, 0.5) is 10.3 Å². The second-order valence-electron chi connectivity index (χ2n) is 6.79. The summed E-state index contributed by atoms with van der Waals surface area (Å²) < 4.78 is 14.0. The van der Waals surface area contributed by atoms with Gasteiger partial charge in [0.15, 0.2) is 0 Å². The predicted octanol–water partition coefficient (Wildman–Crippen LogP) is 1.82. The average Bonchev–Trinajstić information content (AvgIpc) is 3.41. The summed E-state index contributed by atoms with van der Waals surface area (Å²) in [6.07, 6.45) is 1.76. The van der Waals surface area contributed by atoms with Gasteiger partial charge in [0, 0.05) is 32.1 Å². The Balaban J connectivity index is 1.48. The summed E-state index contributed by atoms with van der Waals surface area (Å²) in [7, 11) is 0. The quantitative estimate of drug-likeness (QED) is 0.882. The van der Waals surface area contributed by atoms with E-state index >= 15 is 0 Å². The first kappa shape index (κ1) is 17.1. The third-order valence-corrected chi connectivity index (χ3v) is 5.87. The van der Waals surface area contributed by atoms with Gasteiger partial charge in [0.25, 0.3) is 11.5 Å². The zero-order valence-electron chi connectivity index (χ0n) is 14.7. The number of carbonyl (C=O) groups is 1. The van der Waals surface area contributed by atoms with Gasteiger partial charge in [-0.15, -0.1) is 11.3 Å². The Labute approximate surface area is 153 Å². The number of carbonyl (C=O) groups excluding carboxylic acids is 1. The molecule has 1 N–H and O–H groups in total. The lowest BCUT2D eigenvalue weighted by molar-refractivity contribution is 0.0750. The molecule has 1 saturated heterocycles. The molecule has 1 aliphatic heterocycles. The summed E-state index contributed by atoms with van der Waals surface area (Å²) in [6, 6.07) is 0. The summed E-state index contributed by atoms with van der Waals surface area (Å²) in [6.45, 7) is 5.87. The van der Waals surface area contributed by atoms with Crippen molar-refractivity contribution < 1.29 is 9.18 Å². The molecule has 7 nitrogen and oxygen atoms in total. The number of H-pyrrole nitrogens is 1. The largest absolute Gasteiger partial charge is 0.339 e. The van der Waals surface area contributed by atoms with Gasteiger partial charge in [-0.05, 0) is 26.7 Å². The van der Waals surface area contributed by atoms with Gasteiger partial charge in [-0.1, -0.05) is 0 Å². The average molecular weight is 377 g/mol. The highest BCUT2D eigenvalue weighted by Gasteiger charge is 2.32. The molecule has 1 aliphatic carbocycles. The van der Waals surface area contributed by atoms with Crippen LogP contribution in [0.3, 0.4) is 0 Å². The van der Waals surface area contributed by atoms with E-state index in [1.807, 2.05) is 18.7 Å². The molecule has 138 valence electrons. The number of aromatic amines is 1. The van der Waals surface area contributed by atoms with Crippen LogP contribution in [0.1, 0.15) is 44.8 Å². The van der Waals surface area contributed by atoms with Gasteiger partial charge in [-0.3, -0.25) is 14.6 Å². The smallest absolute Gasteiger partial charge is 0.288 e. The fourth-order valence-electron chi connectivity index (χ4n) is 3.24. The lowest BCUT2D eigenvalue weighted by atomic mass is 10.2. The van der Waals surface area contributed by atoms with Gasteiger partial charge in [0.1, 0.15) is 4.88 Å². The number of anilines is 1. The van der Waals surface area contributed by atoms with Crippen LogP contribution >= 0.6 is 11.3 Å². The molecule has 0 aromatic carbocycles. The molecule has 4 rings (SSSR count). The molecule has 9 heteroatoms. The van der Waals surface area contributed by atoms with E-state index in [4.69, 9.17) is 0 Å². The molecule has 2 aliphatic rings. The fourth-order valence-corrected chi connectivity index (χ4v) is 4.12. The molecule has 0 atom stereocenters. The molecule has 2 aromatic rings. The normalized spacial score (nSPS) is 17.7. The highest BCUT2D eigenvalue weighted by Crippen LogP contribution is 2.39. The Bertz CT molecular complexity index is 912.